The minimum Gasteiger partial charge on any atom is -0.369 e. The van der Waals surface area contributed by atoms with E-state index in [1.807, 2.05) is 42.6 Å². The molecule has 1 fully saturated rings. The minimum absolute atomic E-state index is 0.0485. The number of piperidine rings is 1. The fourth-order valence-electron chi connectivity index (χ4n) is 2.92. The van der Waals surface area contributed by atoms with Gasteiger partial charge in [0.15, 0.2) is 4.34 Å². The number of thiazole rings is 1. The number of hydrogen-bond donors (Lipinski definition) is 1. The van der Waals surface area contributed by atoms with Gasteiger partial charge in [0.25, 0.3) is 0 Å². The summed E-state index contributed by atoms with van der Waals surface area (Å²) in [4.78, 5) is 30.5. The monoisotopic (exact) mass is 375 g/mol. The number of likely N-dealkylation sites (tertiary alicyclic amines) is 1. The number of thioether (sulfide) groups is 1. The third kappa shape index (κ3) is 4.41. The van der Waals surface area contributed by atoms with Crippen LogP contribution in [0.4, 0.5) is 0 Å². The molecule has 1 saturated heterocycles. The van der Waals surface area contributed by atoms with E-state index in [9.17, 15) is 9.59 Å². The fourth-order valence-corrected chi connectivity index (χ4v) is 4.98. The van der Waals surface area contributed by atoms with Crippen molar-refractivity contribution in [3.8, 4) is 11.3 Å². The largest absolute Gasteiger partial charge is 0.369 e. The summed E-state index contributed by atoms with van der Waals surface area (Å²) in [6.45, 7) is 3.03. The molecule has 0 saturated carbocycles. The first kappa shape index (κ1) is 17.9. The van der Waals surface area contributed by atoms with Crippen molar-refractivity contribution in [1.29, 1.82) is 0 Å². The predicted molar refractivity (Wildman–Crippen MR) is 101 cm³/mol. The molecule has 1 aliphatic heterocycles. The standard InChI is InChI=1S/C18H21N3O2S2/c1-12(17(23)21-9-5-8-14(10-21)16(19)22)25-18-20-15(11-24-18)13-6-3-2-4-7-13/h2-4,6-7,11-12,14H,5,8-10H2,1H3,(H2,19,22). The van der Waals surface area contributed by atoms with Gasteiger partial charge in [-0.1, -0.05) is 42.1 Å². The van der Waals surface area contributed by atoms with Crippen molar-refractivity contribution in [2.24, 2.45) is 11.7 Å². The highest BCUT2D eigenvalue weighted by atomic mass is 32.2. The van der Waals surface area contributed by atoms with Crippen LogP contribution >= 0.6 is 23.1 Å². The average molecular weight is 376 g/mol. The zero-order valence-electron chi connectivity index (χ0n) is 14.1. The molecule has 1 aromatic heterocycles. The summed E-state index contributed by atoms with van der Waals surface area (Å²) in [5.41, 5.74) is 7.40. The summed E-state index contributed by atoms with van der Waals surface area (Å²) >= 11 is 3.02. The number of nitrogens with zero attached hydrogens (tertiary/aromatic N) is 2. The first-order valence-corrected chi connectivity index (χ1v) is 10.1. The molecule has 132 valence electrons. The van der Waals surface area contributed by atoms with Gasteiger partial charge in [-0.05, 0) is 19.8 Å². The molecule has 2 N–H and O–H groups in total. The van der Waals surface area contributed by atoms with Crippen LogP contribution in [0.25, 0.3) is 11.3 Å². The third-order valence-electron chi connectivity index (χ3n) is 4.31. The Bertz CT molecular complexity index is 748. The Morgan fingerprint density at radius 2 is 2.12 bits per heavy atom. The zero-order valence-corrected chi connectivity index (χ0v) is 15.7. The van der Waals surface area contributed by atoms with Gasteiger partial charge in [0, 0.05) is 24.0 Å². The van der Waals surface area contributed by atoms with Gasteiger partial charge >= 0.3 is 0 Å². The molecule has 2 heterocycles. The van der Waals surface area contributed by atoms with Crippen molar-refractivity contribution < 1.29 is 9.59 Å². The lowest BCUT2D eigenvalue weighted by atomic mass is 9.97. The number of carbonyl (C=O) groups excluding carboxylic acids is 2. The summed E-state index contributed by atoms with van der Waals surface area (Å²) in [7, 11) is 0. The Hall–Kier alpha value is -1.86. The number of benzene rings is 1. The van der Waals surface area contributed by atoms with Crippen LogP contribution in [0.2, 0.25) is 0 Å². The maximum Gasteiger partial charge on any atom is 0.235 e. The summed E-state index contributed by atoms with van der Waals surface area (Å²) < 4.78 is 0.878. The van der Waals surface area contributed by atoms with Crippen molar-refractivity contribution in [2.75, 3.05) is 13.1 Å². The molecule has 1 aliphatic rings. The van der Waals surface area contributed by atoms with Crippen molar-refractivity contribution in [1.82, 2.24) is 9.88 Å². The number of nitrogens with two attached hydrogens (primary N) is 1. The number of aromatic nitrogens is 1. The average Bonchev–Trinajstić information content (AvgIpc) is 3.10. The molecule has 2 aromatic rings. The number of hydrogen-bond acceptors (Lipinski definition) is 5. The first-order chi connectivity index (χ1) is 12.0. The van der Waals surface area contributed by atoms with Crippen LogP contribution < -0.4 is 5.73 Å². The maximum absolute atomic E-state index is 12.7. The van der Waals surface area contributed by atoms with Crippen LogP contribution in [0.15, 0.2) is 40.1 Å². The highest BCUT2D eigenvalue weighted by molar-refractivity contribution is 8.02. The van der Waals surface area contributed by atoms with E-state index in [0.29, 0.717) is 13.1 Å². The predicted octanol–water partition coefficient (Wildman–Crippen LogP) is 3.01. The summed E-state index contributed by atoms with van der Waals surface area (Å²) in [6, 6.07) is 9.99. The fraction of sp³-hybridized carbons (Fsp3) is 0.389. The molecule has 7 heteroatoms. The van der Waals surface area contributed by atoms with Gasteiger partial charge in [-0.2, -0.15) is 0 Å². The van der Waals surface area contributed by atoms with Gasteiger partial charge < -0.3 is 10.6 Å². The van der Waals surface area contributed by atoms with E-state index in [1.165, 1.54) is 11.8 Å². The third-order valence-corrected chi connectivity index (χ3v) is 6.37. The van der Waals surface area contributed by atoms with E-state index >= 15 is 0 Å². The smallest absolute Gasteiger partial charge is 0.235 e. The van der Waals surface area contributed by atoms with Crippen LogP contribution in [-0.4, -0.2) is 40.0 Å². The normalized spacial score (nSPS) is 18.8. The molecule has 3 rings (SSSR count). The molecule has 0 radical (unpaired) electrons. The molecule has 0 spiro atoms. The Morgan fingerprint density at radius 3 is 2.84 bits per heavy atom. The topological polar surface area (TPSA) is 76.3 Å². The molecule has 0 bridgehead atoms. The molecule has 0 aliphatic carbocycles. The second kappa shape index (κ2) is 8.01. The number of carbonyl (C=O) groups is 2. The SMILES string of the molecule is CC(Sc1nc(-c2ccccc2)cs1)C(=O)N1CCCC(C(N)=O)C1. The van der Waals surface area contributed by atoms with Gasteiger partial charge in [0.2, 0.25) is 11.8 Å². The molecule has 1 aromatic carbocycles. The molecular formula is C18H21N3O2S2. The van der Waals surface area contributed by atoms with Crippen molar-refractivity contribution in [3.63, 3.8) is 0 Å². The van der Waals surface area contributed by atoms with Crippen LogP contribution in [0, 0.1) is 5.92 Å². The van der Waals surface area contributed by atoms with E-state index in [0.717, 1.165) is 28.4 Å². The molecule has 2 amide bonds. The summed E-state index contributed by atoms with van der Waals surface area (Å²) in [6.07, 6.45) is 1.60. The van der Waals surface area contributed by atoms with Crippen LogP contribution in [0.5, 0.6) is 0 Å². The molecule has 2 unspecified atom stereocenters. The molecular weight excluding hydrogens is 354 g/mol. The van der Waals surface area contributed by atoms with Crippen molar-refractivity contribution in [2.45, 2.75) is 29.4 Å². The first-order valence-electron chi connectivity index (χ1n) is 8.30. The molecule has 25 heavy (non-hydrogen) atoms. The quantitative estimate of drug-likeness (QED) is 0.815. The van der Waals surface area contributed by atoms with Gasteiger partial charge in [-0.15, -0.1) is 11.3 Å². The lowest BCUT2D eigenvalue weighted by Crippen LogP contribution is -2.46. The van der Waals surface area contributed by atoms with Gasteiger partial charge in [-0.25, -0.2) is 4.98 Å². The maximum atomic E-state index is 12.7. The Balaban J connectivity index is 1.62. The van der Waals surface area contributed by atoms with Crippen LogP contribution in [0.1, 0.15) is 19.8 Å². The van der Waals surface area contributed by atoms with Crippen LogP contribution in [0.3, 0.4) is 0 Å². The lowest BCUT2D eigenvalue weighted by Gasteiger charge is -2.32. The zero-order chi connectivity index (χ0) is 17.8. The van der Waals surface area contributed by atoms with E-state index in [2.05, 4.69) is 4.98 Å². The van der Waals surface area contributed by atoms with E-state index in [1.54, 1.807) is 16.2 Å². The Kier molecular flexibility index (Phi) is 5.75. The number of rotatable bonds is 5. The van der Waals surface area contributed by atoms with Crippen molar-refractivity contribution >= 4 is 34.9 Å². The second-order valence-corrected chi connectivity index (χ2v) is 8.60. The van der Waals surface area contributed by atoms with E-state index < -0.39 is 0 Å². The van der Waals surface area contributed by atoms with Crippen molar-refractivity contribution in [3.05, 3.63) is 35.7 Å². The summed E-state index contributed by atoms with van der Waals surface area (Å²) in [5, 5.41) is 1.78. The summed E-state index contributed by atoms with van der Waals surface area (Å²) in [5.74, 6) is -0.489. The number of amides is 2. The van der Waals surface area contributed by atoms with E-state index in [-0.39, 0.29) is 23.0 Å². The molecule has 2 atom stereocenters. The highest BCUT2D eigenvalue weighted by Gasteiger charge is 2.30. The Labute approximate surface area is 155 Å². The molecule has 5 nitrogen and oxygen atoms in total. The minimum atomic E-state index is -0.315. The van der Waals surface area contributed by atoms with E-state index in [4.69, 9.17) is 5.73 Å². The van der Waals surface area contributed by atoms with Gasteiger partial charge in [-0.3, -0.25) is 9.59 Å². The van der Waals surface area contributed by atoms with Gasteiger partial charge in [0.05, 0.1) is 16.9 Å². The van der Waals surface area contributed by atoms with Crippen LogP contribution in [-0.2, 0) is 9.59 Å². The number of primary amides is 1. The van der Waals surface area contributed by atoms with Gasteiger partial charge in [0.1, 0.15) is 0 Å². The highest BCUT2D eigenvalue weighted by Crippen LogP contribution is 2.32. The second-order valence-electron chi connectivity index (χ2n) is 6.15. The lowest BCUT2D eigenvalue weighted by molar-refractivity contribution is -0.134. The Morgan fingerprint density at radius 1 is 1.36 bits per heavy atom.